The first-order valence-corrected chi connectivity index (χ1v) is 15.7. The Morgan fingerprint density at radius 3 is 2.38 bits per heavy atom. The van der Waals surface area contributed by atoms with Crippen LogP contribution >= 0.6 is 23.2 Å². The molecule has 1 saturated heterocycles. The van der Waals surface area contributed by atoms with E-state index in [0.29, 0.717) is 59.5 Å². The molecule has 12 nitrogen and oxygen atoms in total. The Kier molecular flexibility index (Phi) is 8.53. The molecule has 2 unspecified atom stereocenters. The van der Waals surface area contributed by atoms with Gasteiger partial charge in [0.15, 0.2) is 5.82 Å². The van der Waals surface area contributed by atoms with Crippen molar-refractivity contribution < 1.29 is 14.3 Å². The van der Waals surface area contributed by atoms with Crippen molar-refractivity contribution in [1.82, 2.24) is 29.6 Å². The highest BCUT2D eigenvalue weighted by Gasteiger charge is 2.38. The Bertz CT molecular complexity index is 1810. The molecule has 0 radical (unpaired) electrons. The van der Waals surface area contributed by atoms with E-state index in [0.717, 1.165) is 5.82 Å². The summed E-state index contributed by atoms with van der Waals surface area (Å²) in [5, 5.41) is 12.4. The standard InChI is InChI=1S/C31H36Cl2N8O4/c1-6-24(42)35-20-14-41(29-19(13-39(2)38-29)16-8-7-9-16)15-21(20)36-31-34-12-17-10-18(30(43)40(3)28(17)37-31)25-26(32)22(44-4)11-23(45-5)27(25)33/h10-13,16,20-21H,6-9,14-15H2,1-5H3,(H,35,42)(H,34,36,37). The van der Waals surface area contributed by atoms with Gasteiger partial charge in [0.05, 0.1) is 41.9 Å². The molecule has 1 saturated carbocycles. The quantitative estimate of drug-likeness (QED) is 0.268. The minimum absolute atomic E-state index is 0.0327. The predicted molar refractivity (Wildman–Crippen MR) is 175 cm³/mol. The molecule has 3 aromatic heterocycles. The number of pyridine rings is 1. The summed E-state index contributed by atoms with van der Waals surface area (Å²) < 4.78 is 14.1. The summed E-state index contributed by atoms with van der Waals surface area (Å²) in [6.45, 7) is 3.03. The third kappa shape index (κ3) is 5.65. The van der Waals surface area contributed by atoms with Crippen LogP contribution in [0.5, 0.6) is 11.5 Å². The van der Waals surface area contributed by atoms with Gasteiger partial charge in [-0.2, -0.15) is 10.1 Å². The van der Waals surface area contributed by atoms with Crippen LogP contribution < -0.4 is 30.6 Å². The molecule has 1 amide bonds. The first-order valence-electron chi connectivity index (χ1n) is 14.9. The molecule has 2 aliphatic rings. The lowest BCUT2D eigenvalue weighted by molar-refractivity contribution is -0.121. The predicted octanol–water partition coefficient (Wildman–Crippen LogP) is 4.52. The molecule has 45 heavy (non-hydrogen) atoms. The Morgan fingerprint density at radius 1 is 1.07 bits per heavy atom. The number of hydrogen-bond donors (Lipinski definition) is 2. The number of aromatic nitrogens is 5. The highest BCUT2D eigenvalue weighted by molar-refractivity contribution is 6.41. The minimum atomic E-state index is -0.356. The zero-order valence-corrected chi connectivity index (χ0v) is 27.4. The number of halogens is 2. The Morgan fingerprint density at radius 2 is 1.76 bits per heavy atom. The normalized spacial score (nSPS) is 18.2. The largest absolute Gasteiger partial charge is 0.495 e. The number of carbonyl (C=O) groups excluding carboxylic acids is 1. The van der Waals surface area contributed by atoms with Crippen molar-refractivity contribution >= 4 is 51.9 Å². The monoisotopic (exact) mass is 654 g/mol. The van der Waals surface area contributed by atoms with E-state index in [-0.39, 0.29) is 39.2 Å². The summed E-state index contributed by atoms with van der Waals surface area (Å²) in [5.41, 5.74) is 1.88. The first kappa shape index (κ1) is 31.0. The van der Waals surface area contributed by atoms with Crippen LogP contribution in [-0.2, 0) is 18.9 Å². The highest BCUT2D eigenvalue weighted by Crippen LogP contribution is 2.45. The molecule has 1 aliphatic carbocycles. The molecule has 2 fully saturated rings. The third-order valence-electron chi connectivity index (χ3n) is 8.77. The van der Waals surface area contributed by atoms with Crippen molar-refractivity contribution in [2.45, 2.75) is 50.6 Å². The number of ether oxygens (including phenoxy) is 2. The van der Waals surface area contributed by atoms with E-state index in [4.69, 9.17) is 42.8 Å². The maximum absolute atomic E-state index is 13.7. The Hall–Kier alpha value is -4.03. The lowest BCUT2D eigenvalue weighted by Crippen LogP contribution is -2.46. The van der Waals surface area contributed by atoms with Crippen LogP contribution in [0.25, 0.3) is 22.2 Å². The zero-order chi connectivity index (χ0) is 32.0. The van der Waals surface area contributed by atoms with Gasteiger partial charge in [-0.3, -0.25) is 18.8 Å². The second-order valence-electron chi connectivity index (χ2n) is 11.6. The topological polar surface area (TPSA) is 128 Å². The second kappa shape index (κ2) is 12.4. The molecule has 238 valence electrons. The number of fused-ring (bicyclic) bond motifs is 1. The number of aryl methyl sites for hydroxylation is 2. The number of benzene rings is 1. The fraction of sp³-hybridized carbons (Fsp3) is 0.452. The fourth-order valence-electron chi connectivity index (χ4n) is 6.11. The van der Waals surface area contributed by atoms with E-state index in [9.17, 15) is 9.59 Å². The van der Waals surface area contributed by atoms with E-state index in [1.807, 2.05) is 18.7 Å². The van der Waals surface area contributed by atoms with Crippen molar-refractivity contribution in [1.29, 1.82) is 0 Å². The molecule has 1 aromatic carbocycles. The van der Waals surface area contributed by atoms with Crippen molar-refractivity contribution in [2.75, 3.05) is 37.5 Å². The summed E-state index contributed by atoms with van der Waals surface area (Å²) >= 11 is 13.3. The van der Waals surface area contributed by atoms with E-state index in [2.05, 4.69) is 26.7 Å². The van der Waals surface area contributed by atoms with Crippen LogP contribution in [0.4, 0.5) is 11.8 Å². The molecule has 14 heteroatoms. The van der Waals surface area contributed by atoms with Gasteiger partial charge in [0.25, 0.3) is 5.56 Å². The van der Waals surface area contributed by atoms with E-state index in [1.54, 1.807) is 25.4 Å². The molecule has 1 aliphatic heterocycles. The summed E-state index contributed by atoms with van der Waals surface area (Å²) in [6, 6.07) is 2.83. The van der Waals surface area contributed by atoms with E-state index in [1.165, 1.54) is 43.6 Å². The summed E-state index contributed by atoms with van der Waals surface area (Å²) in [4.78, 5) is 37.7. The number of amides is 1. The summed E-state index contributed by atoms with van der Waals surface area (Å²) in [5.74, 6) is 2.44. The van der Waals surface area contributed by atoms with Gasteiger partial charge in [-0.1, -0.05) is 36.5 Å². The molecule has 4 aromatic rings. The van der Waals surface area contributed by atoms with Crippen LogP contribution in [-0.4, -0.2) is 69.6 Å². The molecule has 0 spiro atoms. The van der Waals surface area contributed by atoms with Crippen molar-refractivity contribution in [2.24, 2.45) is 14.1 Å². The maximum atomic E-state index is 13.7. The van der Waals surface area contributed by atoms with Gasteiger partial charge in [-0.15, -0.1) is 0 Å². The van der Waals surface area contributed by atoms with Gasteiger partial charge in [0.1, 0.15) is 17.1 Å². The number of anilines is 2. The second-order valence-corrected chi connectivity index (χ2v) is 12.3. The Labute approximate surface area is 270 Å². The van der Waals surface area contributed by atoms with Crippen LogP contribution in [0.15, 0.2) is 29.3 Å². The van der Waals surface area contributed by atoms with Crippen LogP contribution in [0.1, 0.15) is 44.1 Å². The van der Waals surface area contributed by atoms with Gasteiger partial charge in [0, 0.05) is 68.6 Å². The lowest BCUT2D eigenvalue weighted by Gasteiger charge is -2.27. The SMILES string of the molecule is CCC(=O)NC1CN(c2nn(C)cc2C2CCC2)CC1Nc1ncc2cc(-c3c(Cl)c(OC)cc(OC)c3Cl)c(=O)n(C)c2n1. The molecular formula is C31H36Cl2N8O4. The van der Waals surface area contributed by atoms with Gasteiger partial charge >= 0.3 is 0 Å². The molecule has 6 rings (SSSR count). The van der Waals surface area contributed by atoms with E-state index >= 15 is 0 Å². The number of rotatable bonds is 9. The Balaban J connectivity index is 1.33. The lowest BCUT2D eigenvalue weighted by atomic mass is 9.81. The van der Waals surface area contributed by atoms with Crippen LogP contribution in [0.3, 0.4) is 0 Å². The summed E-state index contributed by atoms with van der Waals surface area (Å²) in [7, 11) is 6.53. The van der Waals surface area contributed by atoms with Crippen molar-refractivity contribution in [3.8, 4) is 22.6 Å². The van der Waals surface area contributed by atoms with Crippen molar-refractivity contribution in [3.63, 3.8) is 0 Å². The molecule has 4 heterocycles. The van der Waals surface area contributed by atoms with Gasteiger partial charge in [-0.05, 0) is 24.8 Å². The fourth-order valence-corrected chi connectivity index (χ4v) is 6.81. The molecule has 2 N–H and O–H groups in total. The minimum Gasteiger partial charge on any atom is -0.495 e. The zero-order valence-electron chi connectivity index (χ0n) is 25.9. The molecular weight excluding hydrogens is 619 g/mol. The average molecular weight is 656 g/mol. The van der Waals surface area contributed by atoms with Gasteiger partial charge in [0.2, 0.25) is 11.9 Å². The smallest absolute Gasteiger partial charge is 0.259 e. The van der Waals surface area contributed by atoms with Crippen LogP contribution in [0.2, 0.25) is 10.0 Å². The third-order valence-corrected chi connectivity index (χ3v) is 9.52. The first-order chi connectivity index (χ1) is 21.6. The van der Waals surface area contributed by atoms with Crippen LogP contribution in [0, 0.1) is 0 Å². The number of methoxy groups -OCH3 is 2. The summed E-state index contributed by atoms with van der Waals surface area (Å²) in [6.07, 6.45) is 7.70. The number of nitrogens with one attached hydrogen (secondary N) is 2. The number of hydrogen-bond acceptors (Lipinski definition) is 9. The molecule has 2 atom stereocenters. The number of nitrogens with zero attached hydrogens (tertiary/aromatic N) is 6. The molecule has 0 bridgehead atoms. The van der Waals surface area contributed by atoms with Gasteiger partial charge < -0.3 is 25.0 Å². The highest BCUT2D eigenvalue weighted by atomic mass is 35.5. The van der Waals surface area contributed by atoms with E-state index < -0.39 is 0 Å². The van der Waals surface area contributed by atoms with Gasteiger partial charge in [-0.25, -0.2) is 4.98 Å². The number of carbonyl (C=O) groups is 1. The average Bonchev–Trinajstić information content (AvgIpc) is 3.57. The maximum Gasteiger partial charge on any atom is 0.259 e. The van der Waals surface area contributed by atoms with Crippen molar-refractivity contribution in [3.05, 3.63) is 50.5 Å².